The van der Waals surface area contributed by atoms with Crippen LogP contribution in [0.25, 0.3) is 11.1 Å². The number of thioether (sulfide) groups is 1. The molecule has 92 valence electrons. The third-order valence-corrected chi connectivity index (χ3v) is 5.11. The minimum Gasteiger partial charge on any atom is -0.431 e. The Hall–Kier alpha value is -0.980. The van der Waals surface area contributed by atoms with Gasteiger partial charge in [-0.3, -0.25) is 0 Å². The van der Waals surface area contributed by atoms with Gasteiger partial charge in [-0.05, 0) is 40.2 Å². The molecule has 0 unspecified atom stereocenters. The minimum atomic E-state index is 0.681. The topological polar surface area (TPSA) is 52.0 Å². The van der Waals surface area contributed by atoms with E-state index >= 15 is 0 Å². The fourth-order valence-electron chi connectivity index (χ4n) is 1.55. The zero-order valence-electron chi connectivity index (χ0n) is 9.22. The zero-order chi connectivity index (χ0) is 12.5. The molecule has 0 aliphatic rings. The number of hydrogen-bond donors (Lipinski definition) is 1. The van der Waals surface area contributed by atoms with E-state index in [2.05, 4.69) is 32.4 Å². The number of thiophene rings is 1. The van der Waals surface area contributed by atoms with Crippen LogP contribution in [0.3, 0.4) is 0 Å². The van der Waals surface area contributed by atoms with E-state index in [-0.39, 0.29) is 0 Å². The van der Waals surface area contributed by atoms with Crippen LogP contribution in [0.4, 0.5) is 5.69 Å². The quantitative estimate of drug-likeness (QED) is 0.562. The van der Waals surface area contributed by atoms with Gasteiger partial charge in [0.1, 0.15) is 5.52 Å². The van der Waals surface area contributed by atoms with Crippen molar-refractivity contribution in [3.63, 3.8) is 0 Å². The van der Waals surface area contributed by atoms with Crippen LogP contribution in [0.15, 0.2) is 43.8 Å². The number of aromatic nitrogens is 1. The highest BCUT2D eigenvalue weighted by molar-refractivity contribution is 9.10. The summed E-state index contributed by atoms with van der Waals surface area (Å²) in [6.45, 7) is 0. The fraction of sp³-hybridized carbons (Fsp3) is 0.0833. The van der Waals surface area contributed by atoms with Crippen molar-refractivity contribution in [2.75, 3.05) is 5.73 Å². The second kappa shape index (κ2) is 4.95. The summed E-state index contributed by atoms with van der Waals surface area (Å²) < 4.78 is 6.76. The predicted molar refractivity (Wildman–Crippen MR) is 80.0 cm³/mol. The number of anilines is 1. The normalized spacial score (nSPS) is 11.2. The first-order valence-corrected chi connectivity index (χ1v) is 7.88. The van der Waals surface area contributed by atoms with Crippen LogP contribution >= 0.6 is 39.0 Å². The van der Waals surface area contributed by atoms with Crippen LogP contribution in [0, 0.1) is 0 Å². The average Bonchev–Trinajstić information content (AvgIpc) is 2.92. The highest BCUT2D eigenvalue weighted by atomic mass is 79.9. The van der Waals surface area contributed by atoms with Crippen molar-refractivity contribution in [3.05, 3.63) is 39.0 Å². The number of oxazole rings is 1. The van der Waals surface area contributed by atoms with Crippen molar-refractivity contribution >= 4 is 55.8 Å². The van der Waals surface area contributed by atoms with Gasteiger partial charge in [0.2, 0.25) is 0 Å². The summed E-state index contributed by atoms with van der Waals surface area (Å²) in [6.07, 6.45) is 0. The van der Waals surface area contributed by atoms with Gasteiger partial charge in [-0.15, -0.1) is 11.3 Å². The van der Waals surface area contributed by atoms with Crippen molar-refractivity contribution in [3.8, 4) is 0 Å². The van der Waals surface area contributed by atoms with E-state index in [1.54, 1.807) is 23.1 Å². The summed E-state index contributed by atoms with van der Waals surface area (Å²) in [4.78, 5) is 5.69. The Balaban J connectivity index is 1.78. The Kier molecular flexibility index (Phi) is 3.32. The lowest BCUT2D eigenvalue weighted by Crippen LogP contribution is -1.82. The number of rotatable bonds is 3. The number of fused-ring (bicyclic) bond motifs is 1. The molecule has 0 amide bonds. The van der Waals surface area contributed by atoms with E-state index in [9.17, 15) is 0 Å². The molecule has 0 spiro atoms. The number of halogens is 1. The molecular formula is C12H9BrN2OS2. The van der Waals surface area contributed by atoms with Gasteiger partial charge < -0.3 is 10.2 Å². The Morgan fingerprint density at radius 3 is 3.06 bits per heavy atom. The van der Waals surface area contributed by atoms with Gasteiger partial charge in [0.25, 0.3) is 5.22 Å². The SMILES string of the molecule is Nc1ccc2oc(SCc3cc(Br)cs3)nc2c1. The maximum Gasteiger partial charge on any atom is 0.257 e. The summed E-state index contributed by atoms with van der Waals surface area (Å²) >= 11 is 6.75. The third-order valence-electron chi connectivity index (χ3n) is 2.35. The Labute approximate surface area is 121 Å². The van der Waals surface area contributed by atoms with Crippen LogP contribution < -0.4 is 5.73 Å². The molecule has 1 aromatic carbocycles. The van der Waals surface area contributed by atoms with Gasteiger partial charge in [-0.1, -0.05) is 11.8 Å². The molecule has 0 fully saturated rings. The second-order valence-corrected chi connectivity index (χ2v) is 6.56. The molecular weight excluding hydrogens is 332 g/mol. The first-order valence-electron chi connectivity index (χ1n) is 5.22. The maximum absolute atomic E-state index is 5.71. The molecule has 2 heterocycles. The molecule has 0 bridgehead atoms. The number of benzene rings is 1. The van der Waals surface area contributed by atoms with Crippen molar-refractivity contribution in [1.29, 1.82) is 0 Å². The molecule has 2 N–H and O–H groups in total. The van der Waals surface area contributed by atoms with Crippen LogP contribution in [-0.4, -0.2) is 4.98 Å². The number of nitrogen functional groups attached to an aromatic ring is 1. The third kappa shape index (κ3) is 2.55. The molecule has 0 atom stereocenters. The minimum absolute atomic E-state index is 0.681. The van der Waals surface area contributed by atoms with Gasteiger partial charge in [0.15, 0.2) is 5.58 Å². The summed E-state index contributed by atoms with van der Waals surface area (Å²) in [5, 5.41) is 2.75. The molecule has 0 aliphatic carbocycles. The first kappa shape index (κ1) is 12.1. The number of hydrogen-bond acceptors (Lipinski definition) is 5. The van der Waals surface area contributed by atoms with Gasteiger partial charge in [-0.2, -0.15) is 0 Å². The van der Waals surface area contributed by atoms with Crippen molar-refractivity contribution < 1.29 is 4.42 Å². The summed E-state index contributed by atoms with van der Waals surface area (Å²) in [5.41, 5.74) is 8.00. The molecule has 6 heteroatoms. The summed E-state index contributed by atoms with van der Waals surface area (Å²) in [5.74, 6) is 0.860. The molecule has 3 aromatic rings. The molecule has 0 saturated carbocycles. The molecule has 0 radical (unpaired) electrons. The summed E-state index contributed by atoms with van der Waals surface area (Å²) in [6, 6.07) is 7.60. The largest absolute Gasteiger partial charge is 0.431 e. The molecule has 3 rings (SSSR count). The van der Waals surface area contributed by atoms with Gasteiger partial charge in [0.05, 0.1) is 0 Å². The standard InChI is InChI=1S/C12H9BrN2OS2/c13-7-3-9(17-5-7)6-18-12-15-10-4-8(14)1-2-11(10)16-12/h1-5H,6,14H2. The maximum atomic E-state index is 5.71. The van der Waals surface area contributed by atoms with Gasteiger partial charge >= 0.3 is 0 Å². The van der Waals surface area contributed by atoms with E-state index in [0.29, 0.717) is 10.9 Å². The van der Waals surface area contributed by atoms with Gasteiger partial charge in [-0.25, -0.2) is 4.98 Å². The van der Waals surface area contributed by atoms with Crippen molar-refractivity contribution in [2.24, 2.45) is 0 Å². The van der Waals surface area contributed by atoms with Crippen molar-refractivity contribution in [1.82, 2.24) is 4.98 Å². The lowest BCUT2D eigenvalue weighted by atomic mass is 10.3. The Bertz CT molecular complexity index is 692. The van der Waals surface area contributed by atoms with E-state index < -0.39 is 0 Å². The Morgan fingerprint density at radius 1 is 1.39 bits per heavy atom. The molecule has 2 aromatic heterocycles. The van der Waals surface area contributed by atoms with E-state index in [1.807, 2.05) is 18.2 Å². The lowest BCUT2D eigenvalue weighted by Gasteiger charge is -1.91. The summed E-state index contributed by atoms with van der Waals surface area (Å²) in [7, 11) is 0. The van der Waals surface area contributed by atoms with Gasteiger partial charge in [0, 0.05) is 26.2 Å². The van der Waals surface area contributed by atoms with Crippen LogP contribution in [0.2, 0.25) is 0 Å². The van der Waals surface area contributed by atoms with Crippen molar-refractivity contribution in [2.45, 2.75) is 11.0 Å². The molecule has 3 nitrogen and oxygen atoms in total. The smallest absolute Gasteiger partial charge is 0.257 e. The lowest BCUT2D eigenvalue weighted by molar-refractivity contribution is 0.489. The van der Waals surface area contributed by atoms with Crippen LogP contribution in [0.1, 0.15) is 4.88 Å². The second-order valence-electron chi connectivity index (χ2n) is 3.73. The highest BCUT2D eigenvalue weighted by Crippen LogP contribution is 2.30. The predicted octanol–water partition coefficient (Wildman–Crippen LogP) is 4.53. The average molecular weight is 341 g/mol. The Morgan fingerprint density at radius 2 is 2.28 bits per heavy atom. The fourth-order valence-corrected chi connectivity index (χ4v) is 3.89. The van der Waals surface area contributed by atoms with E-state index in [4.69, 9.17) is 10.2 Å². The molecule has 18 heavy (non-hydrogen) atoms. The van der Waals surface area contributed by atoms with E-state index in [0.717, 1.165) is 21.3 Å². The number of nitrogens with two attached hydrogens (primary N) is 1. The molecule has 0 aliphatic heterocycles. The molecule has 0 saturated heterocycles. The van der Waals surface area contributed by atoms with E-state index in [1.165, 1.54) is 4.88 Å². The van der Waals surface area contributed by atoms with Crippen LogP contribution in [-0.2, 0) is 5.75 Å². The zero-order valence-corrected chi connectivity index (χ0v) is 12.4. The highest BCUT2D eigenvalue weighted by Gasteiger charge is 2.07. The monoisotopic (exact) mass is 340 g/mol. The first-order chi connectivity index (χ1) is 8.70. The number of nitrogens with zero attached hydrogens (tertiary/aromatic N) is 1. The van der Waals surface area contributed by atoms with Crippen LogP contribution in [0.5, 0.6) is 0 Å².